The molecule has 0 aliphatic rings. The summed E-state index contributed by atoms with van der Waals surface area (Å²) in [5.74, 6) is 0.520. The number of carbonyl (C=O) groups excluding carboxylic acids is 1. The summed E-state index contributed by atoms with van der Waals surface area (Å²) in [6.07, 6.45) is -4.94. The van der Waals surface area contributed by atoms with Crippen molar-refractivity contribution in [3.8, 4) is 0 Å². The molecule has 0 saturated carbocycles. The maximum absolute atomic E-state index is 11.3. The third-order valence-corrected chi connectivity index (χ3v) is 1.34. The van der Waals surface area contributed by atoms with E-state index in [2.05, 4.69) is 0 Å². The Labute approximate surface area is 53.1 Å². The molecule has 0 aliphatic carbocycles. The van der Waals surface area contributed by atoms with Crippen molar-refractivity contribution < 1.29 is 18.0 Å². The van der Waals surface area contributed by atoms with Crippen molar-refractivity contribution in [3.63, 3.8) is 0 Å². The predicted molar refractivity (Wildman–Crippen MR) is 28.0 cm³/mol. The summed E-state index contributed by atoms with van der Waals surface area (Å²) >= 11 is 0. The van der Waals surface area contributed by atoms with E-state index in [0.29, 0.717) is 5.91 Å². The van der Waals surface area contributed by atoms with E-state index < -0.39 is 12.6 Å². The van der Waals surface area contributed by atoms with E-state index in [1.807, 2.05) is 0 Å². The lowest BCUT2D eigenvalue weighted by atomic mass is 10.5. The molecule has 0 unspecified atom stereocenters. The van der Waals surface area contributed by atoms with Crippen LogP contribution in [0, 0.1) is 0 Å². The van der Waals surface area contributed by atoms with Crippen LogP contribution in [0.1, 0.15) is 6.42 Å². The van der Waals surface area contributed by atoms with Crippen LogP contribution in [0.4, 0.5) is 13.2 Å². The number of alkyl halides is 3. The highest BCUT2D eigenvalue weighted by atomic mass is 28.2. The largest absolute Gasteiger partial charge is 0.388 e. The Kier molecular flexibility index (Phi) is 3.52. The molecule has 0 aromatic rings. The van der Waals surface area contributed by atoms with E-state index in [0.717, 1.165) is 0 Å². The van der Waals surface area contributed by atoms with Crippen molar-refractivity contribution in [1.82, 2.24) is 0 Å². The molecule has 0 bridgehead atoms. The lowest BCUT2D eigenvalue weighted by molar-refractivity contribution is -0.130. The summed E-state index contributed by atoms with van der Waals surface area (Å²) < 4.78 is 33.8. The number of hydrogen-bond acceptors (Lipinski definition) is 1. The van der Waals surface area contributed by atoms with Crippen molar-refractivity contribution in [2.45, 2.75) is 18.6 Å². The highest BCUT2D eigenvalue weighted by molar-refractivity contribution is 6.66. The van der Waals surface area contributed by atoms with Gasteiger partial charge >= 0.3 is 6.18 Å². The second kappa shape index (κ2) is 3.65. The first-order valence-electron chi connectivity index (χ1n) is 2.30. The Morgan fingerprint density at radius 2 is 2.00 bits per heavy atom. The zero-order chi connectivity index (χ0) is 7.33. The van der Waals surface area contributed by atoms with Gasteiger partial charge in [0.05, 0.1) is 5.91 Å². The summed E-state index contributed by atoms with van der Waals surface area (Å²) in [4.78, 5) is 9.54. The molecule has 0 rings (SSSR count). The topological polar surface area (TPSA) is 17.1 Å². The SMILES string of the molecule is O=C[Si]CCC(F)(F)F. The fourth-order valence-corrected chi connectivity index (χ4v) is 0.818. The smallest absolute Gasteiger partial charge is 0.310 e. The van der Waals surface area contributed by atoms with Crippen molar-refractivity contribution in [2.75, 3.05) is 0 Å². The molecule has 0 spiro atoms. The van der Waals surface area contributed by atoms with Gasteiger partial charge in [0.25, 0.3) is 0 Å². The molecule has 0 aromatic carbocycles. The van der Waals surface area contributed by atoms with Gasteiger partial charge in [-0.25, -0.2) is 0 Å². The molecule has 52 valence electrons. The van der Waals surface area contributed by atoms with E-state index in [1.54, 1.807) is 0 Å². The van der Waals surface area contributed by atoms with Crippen LogP contribution in [-0.4, -0.2) is 21.6 Å². The van der Waals surface area contributed by atoms with Gasteiger partial charge < -0.3 is 4.79 Å². The van der Waals surface area contributed by atoms with Crippen LogP contribution in [0.5, 0.6) is 0 Å². The zero-order valence-electron chi connectivity index (χ0n) is 4.53. The van der Waals surface area contributed by atoms with Gasteiger partial charge in [-0.15, -0.1) is 0 Å². The first-order chi connectivity index (χ1) is 4.06. The maximum Gasteiger partial charge on any atom is 0.388 e. The quantitative estimate of drug-likeness (QED) is 0.339. The van der Waals surface area contributed by atoms with Crippen LogP contribution in [-0.2, 0) is 4.79 Å². The molecule has 5 heteroatoms. The third-order valence-electron chi connectivity index (χ3n) is 0.636. The number of rotatable bonds is 3. The van der Waals surface area contributed by atoms with Crippen molar-refractivity contribution >= 4 is 15.4 Å². The lowest BCUT2D eigenvalue weighted by Gasteiger charge is -2.01. The van der Waals surface area contributed by atoms with Gasteiger partial charge in [0.1, 0.15) is 9.52 Å². The molecular weight excluding hydrogens is 149 g/mol. The third kappa shape index (κ3) is 7.68. The molecule has 9 heavy (non-hydrogen) atoms. The van der Waals surface area contributed by atoms with E-state index >= 15 is 0 Å². The summed E-state index contributed by atoms with van der Waals surface area (Å²) in [6.45, 7) is 0. The second-order valence-electron chi connectivity index (χ2n) is 1.44. The van der Waals surface area contributed by atoms with Gasteiger partial charge in [0, 0.05) is 6.42 Å². The predicted octanol–water partition coefficient (Wildman–Crippen LogP) is 1.25. The van der Waals surface area contributed by atoms with Gasteiger partial charge in [-0.1, -0.05) is 0 Å². The fourth-order valence-electron chi connectivity index (χ4n) is 0.273. The molecule has 0 aliphatic heterocycles. The molecular formula is C4H5F3OSi. The summed E-state index contributed by atoms with van der Waals surface area (Å²) in [5, 5.41) is 0. The molecule has 0 fully saturated rings. The van der Waals surface area contributed by atoms with Gasteiger partial charge in [-0.2, -0.15) is 13.2 Å². The van der Waals surface area contributed by atoms with Crippen LogP contribution in [0.25, 0.3) is 0 Å². The van der Waals surface area contributed by atoms with Crippen LogP contribution >= 0.6 is 0 Å². The number of halogens is 3. The monoisotopic (exact) mass is 154 g/mol. The Bertz CT molecular complexity index is 90.3. The van der Waals surface area contributed by atoms with Gasteiger partial charge in [0.15, 0.2) is 0 Å². The van der Waals surface area contributed by atoms with E-state index in [1.165, 1.54) is 0 Å². The summed E-state index contributed by atoms with van der Waals surface area (Å²) in [7, 11) is -0.212. The Morgan fingerprint density at radius 3 is 2.33 bits per heavy atom. The van der Waals surface area contributed by atoms with Gasteiger partial charge in [-0.05, 0) is 6.04 Å². The fraction of sp³-hybridized carbons (Fsp3) is 0.750. The Balaban J connectivity index is 3.17. The molecule has 0 aromatic heterocycles. The molecule has 0 N–H and O–H groups in total. The number of carbonyl (C=O) groups is 1. The lowest BCUT2D eigenvalue weighted by Crippen LogP contribution is -2.08. The molecule has 2 radical (unpaired) electrons. The minimum absolute atomic E-state index is 0.0625. The molecule has 0 heterocycles. The molecule has 0 amide bonds. The van der Waals surface area contributed by atoms with Crippen LogP contribution < -0.4 is 0 Å². The minimum Gasteiger partial charge on any atom is -0.310 e. The van der Waals surface area contributed by atoms with E-state index in [9.17, 15) is 18.0 Å². The zero-order valence-corrected chi connectivity index (χ0v) is 5.53. The van der Waals surface area contributed by atoms with Crippen LogP contribution in [0.2, 0.25) is 6.04 Å². The maximum atomic E-state index is 11.3. The second-order valence-corrected chi connectivity index (χ2v) is 2.58. The van der Waals surface area contributed by atoms with E-state index in [-0.39, 0.29) is 15.6 Å². The van der Waals surface area contributed by atoms with Crippen LogP contribution in [0.3, 0.4) is 0 Å². The average molecular weight is 154 g/mol. The van der Waals surface area contributed by atoms with Gasteiger partial charge in [-0.3, -0.25) is 0 Å². The minimum atomic E-state index is -4.10. The number of hydrogen-bond donors (Lipinski definition) is 0. The van der Waals surface area contributed by atoms with E-state index in [4.69, 9.17) is 0 Å². The highest BCUT2D eigenvalue weighted by Crippen LogP contribution is 2.20. The van der Waals surface area contributed by atoms with Crippen molar-refractivity contribution in [3.05, 3.63) is 0 Å². The standard InChI is InChI=1S/C4H5F3OSi/c5-4(6,7)1-2-9-3-8/h3H,1-2H2. The normalized spacial score (nSPS) is 11.4. The molecule has 0 atom stereocenters. The van der Waals surface area contributed by atoms with Gasteiger partial charge in [0.2, 0.25) is 0 Å². The van der Waals surface area contributed by atoms with Crippen molar-refractivity contribution in [1.29, 1.82) is 0 Å². The first-order valence-corrected chi connectivity index (χ1v) is 3.58. The van der Waals surface area contributed by atoms with Crippen LogP contribution in [0.15, 0.2) is 0 Å². The van der Waals surface area contributed by atoms with Crippen molar-refractivity contribution in [2.24, 2.45) is 0 Å². The molecule has 0 saturated heterocycles. The summed E-state index contributed by atoms with van der Waals surface area (Å²) in [6, 6.07) is -0.0625. The highest BCUT2D eigenvalue weighted by Gasteiger charge is 2.25. The Hall–Kier alpha value is -0.323. The first kappa shape index (κ1) is 8.68. The Morgan fingerprint density at radius 1 is 1.44 bits per heavy atom. The average Bonchev–Trinajstić information content (AvgIpc) is 1.63. The summed E-state index contributed by atoms with van der Waals surface area (Å²) in [5.41, 5.74) is 0. The molecule has 1 nitrogen and oxygen atoms in total.